The fourth-order valence-electron chi connectivity index (χ4n) is 1.44. The minimum Gasteiger partial charge on any atom is -0.464 e. The van der Waals surface area contributed by atoms with Crippen LogP contribution in [0.3, 0.4) is 0 Å². The number of ether oxygens (including phenoxy) is 2. The number of ketones is 1. The summed E-state index contributed by atoms with van der Waals surface area (Å²) < 4.78 is 10.7. The van der Waals surface area contributed by atoms with Gasteiger partial charge >= 0.3 is 12.1 Å². The number of hydrogen-bond acceptors (Lipinski definition) is 7. The molecule has 1 rings (SSSR count). The van der Waals surface area contributed by atoms with Crippen LogP contribution in [0.15, 0.2) is 6.20 Å². The van der Waals surface area contributed by atoms with Crippen LogP contribution in [-0.2, 0) is 20.8 Å². The summed E-state index contributed by atoms with van der Waals surface area (Å²) in [5.41, 5.74) is -0.642. The fraction of sp³-hybridized carbons (Fsp3) is 0.615. The summed E-state index contributed by atoms with van der Waals surface area (Å²) in [5.74, 6) is -0.953. The molecule has 0 aliphatic rings. The van der Waals surface area contributed by atoms with E-state index in [4.69, 9.17) is 4.74 Å². The van der Waals surface area contributed by atoms with Crippen LogP contribution in [0.25, 0.3) is 0 Å². The van der Waals surface area contributed by atoms with Crippen molar-refractivity contribution >= 4 is 17.8 Å². The predicted molar refractivity (Wildman–Crippen MR) is 75.2 cm³/mol. The van der Waals surface area contributed by atoms with Gasteiger partial charge in [0.25, 0.3) is 0 Å². The Hall–Kier alpha value is -2.45. The fourth-order valence-corrected chi connectivity index (χ4v) is 1.44. The number of Topliss-reactive ketones (excluding diaryl/α,β-unsaturated/α-hetero) is 1. The van der Waals surface area contributed by atoms with Gasteiger partial charge in [0.15, 0.2) is 11.5 Å². The van der Waals surface area contributed by atoms with Gasteiger partial charge in [0.2, 0.25) is 0 Å². The first-order valence-corrected chi connectivity index (χ1v) is 6.63. The van der Waals surface area contributed by atoms with E-state index in [0.717, 1.165) is 0 Å². The molecular formula is C13H20N4O5. The number of nitrogens with one attached hydrogen (secondary N) is 1. The Morgan fingerprint density at radius 3 is 2.55 bits per heavy atom. The number of carbonyl (C=O) groups excluding carboxylic acids is 3. The van der Waals surface area contributed by atoms with Crippen LogP contribution in [0, 0.1) is 0 Å². The molecule has 0 aliphatic heterocycles. The van der Waals surface area contributed by atoms with E-state index < -0.39 is 23.7 Å². The van der Waals surface area contributed by atoms with Gasteiger partial charge in [-0.3, -0.25) is 4.79 Å². The number of hydrogen-bond donors (Lipinski definition) is 1. The van der Waals surface area contributed by atoms with Crippen molar-refractivity contribution in [3.63, 3.8) is 0 Å². The van der Waals surface area contributed by atoms with Crippen molar-refractivity contribution in [3.8, 4) is 0 Å². The summed E-state index contributed by atoms with van der Waals surface area (Å²) in [6.45, 7) is 6.57. The predicted octanol–water partition coefficient (Wildman–Crippen LogP) is 0.547. The Morgan fingerprint density at radius 1 is 1.36 bits per heavy atom. The summed E-state index contributed by atoms with van der Waals surface area (Å²) in [6, 6.07) is -0.763. The molecule has 1 aromatic rings. The molecule has 0 saturated carbocycles. The van der Waals surface area contributed by atoms with E-state index in [1.807, 2.05) is 0 Å². The average molecular weight is 312 g/mol. The molecule has 9 heteroatoms. The summed E-state index contributed by atoms with van der Waals surface area (Å²) in [7, 11) is 1.22. The topological polar surface area (TPSA) is 112 Å². The summed E-state index contributed by atoms with van der Waals surface area (Å²) in [6.07, 6.45) is 0.617. The highest BCUT2D eigenvalue weighted by atomic mass is 16.6. The lowest BCUT2D eigenvalue weighted by Gasteiger charge is -2.21. The highest BCUT2D eigenvalue weighted by Crippen LogP contribution is 2.07. The number of nitrogens with zero attached hydrogens (tertiary/aromatic N) is 3. The molecule has 0 fully saturated rings. The third-order valence-electron chi connectivity index (χ3n) is 2.47. The quantitative estimate of drug-likeness (QED) is 0.790. The van der Waals surface area contributed by atoms with E-state index in [2.05, 4.69) is 20.4 Å². The molecule has 0 bridgehead atoms. The number of alkyl carbamates (subject to hydrolysis) is 1. The standard InChI is InChI=1S/C13H20N4O5/c1-8(14-12(20)22-13(2,3)4)10(18)7-17-6-9(15-16-17)11(19)21-5/h6,8H,7H2,1-5H3,(H,14,20). The third kappa shape index (κ3) is 5.51. The molecule has 122 valence electrons. The van der Waals surface area contributed by atoms with E-state index in [-0.39, 0.29) is 18.0 Å². The smallest absolute Gasteiger partial charge is 0.408 e. The first kappa shape index (κ1) is 17.6. The molecule has 1 amide bonds. The number of carbonyl (C=O) groups is 3. The molecule has 1 atom stereocenters. The number of amides is 1. The van der Waals surface area contributed by atoms with Crippen molar-refractivity contribution in [2.24, 2.45) is 0 Å². The van der Waals surface area contributed by atoms with Gasteiger partial charge in [0, 0.05) is 0 Å². The maximum Gasteiger partial charge on any atom is 0.408 e. The molecule has 0 radical (unpaired) electrons. The molecule has 0 aliphatic carbocycles. The third-order valence-corrected chi connectivity index (χ3v) is 2.47. The van der Waals surface area contributed by atoms with Crippen LogP contribution in [0.2, 0.25) is 0 Å². The van der Waals surface area contributed by atoms with Gasteiger partial charge in [-0.05, 0) is 27.7 Å². The van der Waals surface area contributed by atoms with Crippen molar-refractivity contribution in [1.82, 2.24) is 20.3 Å². The maximum absolute atomic E-state index is 12.0. The molecule has 0 saturated heterocycles. The normalized spacial score (nSPS) is 12.4. The molecule has 1 unspecified atom stereocenters. The summed E-state index contributed by atoms with van der Waals surface area (Å²) >= 11 is 0. The Kier molecular flexibility index (Phi) is 5.61. The minimum atomic E-state index is -0.763. The van der Waals surface area contributed by atoms with Gasteiger partial charge < -0.3 is 14.8 Å². The van der Waals surface area contributed by atoms with Gasteiger partial charge in [-0.25, -0.2) is 14.3 Å². The van der Waals surface area contributed by atoms with Gasteiger partial charge in [0.1, 0.15) is 12.1 Å². The zero-order valence-electron chi connectivity index (χ0n) is 13.2. The van der Waals surface area contributed by atoms with Gasteiger partial charge in [-0.2, -0.15) is 0 Å². The van der Waals surface area contributed by atoms with E-state index in [1.165, 1.54) is 24.9 Å². The van der Waals surface area contributed by atoms with Gasteiger partial charge in [-0.15, -0.1) is 5.10 Å². The molecule has 0 spiro atoms. The molecule has 1 N–H and O–H groups in total. The average Bonchev–Trinajstić information content (AvgIpc) is 2.83. The number of aromatic nitrogens is 3. The highest BCUT2D eigenvalue weighted by molar-refractivity contribution is 5.88. The van der Waals surface area contributed by atoms with E-state index in [1.54, 1.807) is 20.8 Å². The lowest BCUT2D eigenvalue weighted by molar-refractivity contribution is -0.121. The lowest BCUT2D eigenvalue weighted by Crippen LogP contribution is -2.42. The zero-order valence-corrected chi connectivity index (χ0v) is 13.2. The second kappa shape index (κ2) is 7.01. The SMILES string of the molecule is COC(=O)c1cn(CC(=O)C(C)NC(=O)OC(C)(C)C)nn1. The second-order valence-corrected chi connectivity index (χ2v) is 5.63. The molecule has 22 heavy (non-hydrogen) atoms. The first-order valence-electron chi connectivity index (χ1n) is 6.63. The van der Waals surface area contributed by atoms with Crippen molar-refractivity contribution in [1.29, 1.82) is 0 Å². The molecule has 0 aromatic carbocycles. The van der Waals surface area contributed by atoms with Crippen LogP contribution in [0.4, 0.5) is 4.79 Å². The molecule has 1 heterocycles. The molecule has 9 nitrogen and oxygen atoms in total. The highest BCUT2D eigenvalue weighted by Gasteiger charge is 2.21. The summed E-state index contributed by atoms with van der Waals surface area (Å²) in [4.78, 5) is 34.8. The lowest BCUT2D eigenvalue weighted by atomic mass is 10.2. The van der Waals surface area contributed by atoms with E-state index in [0.29, 0.717) is 0 Å². The first-order chi connectivity index (χ1) is 10.1. The maximum atomic E-state index is 12.0. The Bertz CT molecular complexity index is 561. The second-order valence-electron chi connectivity index (χ2n) is 5.63. The van der Waals surface area contributed by atoms with Crippen molar-refractivity contribution in [2.75, 3.05) is 7.11 Å². The van der Waals surface area contributed by atoms with Crippen molar-refractivity contribution in [3.05, 3.63) is 11.9 Å². The van der Waals surface area contributed by atoms with Crippen LogP contribution >= 0.6 is 0 Å². The van der Waals surface area contributed by atoms with E-state index in [9.17, 15) is 14.4 Å². The molecular weight excluding hydrogens is 292 g/mol. The Labute approximate surface area is 128 Å². The van der Waals surface area contributed by atoms with Crippen LogP contribution < -0.4 is 5.32 Å². The van der Waals surface area contributed by atoms with E-state index >= 15 is 0 Å². The van der Waals surface area contributed by atoms with Gasteiger partial charge in [-0.1, -0.05) is 5.21 Å². The monoisotopic (exact) mass is 312 g/mol. The largest absolute Gasteiger partial charge is 0.464 e. The molecule has 1 aromatic heterocycles. The zero-order chi connectivity index (χ0) is 16.9. The van der Waals surface area contributed by atoms with Crippen LogP contribution in [-0.4, -0.2) is 51.6 Å². The van der Waals surface area contributed by atoms with Crippen molar-refractivity contribution in [2.45, 2.75) is 45.9 Å². The Morgan fingerprint density at radius 2 is 2.00 bits per heavy atom. The van der Waals surface area contributed by atoms with Gasteiger partial charge in [0.05, 0.1) is 19.3 Å². The van der Waals surface area contributed by atoms with Crippen molar-refractivity contribution < 1.29 is 23.9 Å². The van der Waals surface area contributed by atoms with Crippen LogP contribution in [0.5, 0.6) is 0 Å². The number of rotatable bonds is 5. The number of esters is 1. The Balaban J connectivity index is 2.56. The van der Waals surface area contributed by atoms with Crippen LogP contribution in [0.1, 0.15) is 38.2 Å². The minimum absolute atomic E-state index is 0.00283. The number of methoxy groups -OCH3 is 1. The summed E-state index contributed by atoms with van der Waals surface area (Å²) in [5, 5.41) is 9.66.